The summed E-state index contributed by atoms with van der Waals surface area (Å²) >= 11 is 1.31. The summed E-state index contributed by atoms with van der Waals surface area (Å²) in [4.78, 5) is 50.8. The first-order valence-electron chi connectivity index (χ1n) is 13.2. The van der Waals surface area contributed by atoms with E-state index < -0.39 is 23.0 Å². The molecule has 0 aromatic heterocycles. The molecular formula is C33H29N3O6S. The van der Waals surface area contributed by atoms with Gasteiger partial charge in [-0.05, 0) is 85.3 Å². The lowest BCUT2D eigenvalue weighted by Crippen LogP contribution is -2.30. The Hall–Kier alpha value is -5.35. The number of methoxy groups -OCH3 is 1. The first-order chi connectivity index (χ1) is 20.7. The molecule has 218 valence electrons. The van der Waals surface area contributed by atoms with Crippen molar-refractivity contribution in [3.05, 3.63) is 126 Å². The van der Waals surface area contributed by atoms with Crippen molar-refractivity contribution in [1.29, 1.82) is 0 Å². The fourth-order valence-electron chi connectivity index (χ4n) is 3.89. The Morgan fingerprint density at radius 3 is 2.19 bits per heavy atom. The molecule has 0 spiro atoms. The second-order valence-electron chi connectivity index (χ2n) is 9.27. The maximum atomic E-state index is 13.3. The summed E-state index contributed by atoms with van der Waals surface area (Å²) in [5.41, 5.74) is 2.07. The van der Waals surface area contributed by atoms with Gasteiger partial charge in [0.05, 0.1) is 17.9 Å². The Bertz CT molecular complexity index is 1660. The number of carboxylic acid groups (broad SMARTS) is 1. The molecule has 0 heterocycles. The molecule has 0 aliphatic heterocycles. The average Bonchev–Trinajstić information content (AvgIpc) is 3.02. The number of rotatable bonds is 11. The molecule has 10 heteroatoms. The third-order valence-corrected chi connectivity index (χ3v) is 7.22. The molecule has 1 atom stereocenters. The zero-order chi connectivity index (χ0) is 30.8. The van der Waals surface area contributed by atoms with Gasteiger partial charge in [0.25, 0.3) is 11.8 Å². The fraction of sp³-hybridized carbons (Fsp3) is 0.0909. The molecular weight excluding hydrogens is 566 g/mol. The van der Waals surface area contributed by atoms with Crippen LogP contribution >= 0.6 is 11.8 Å². The van der Waals surface area contributed by atoms with E-state index >= 15 is 0 Å². The van der Waals surface area contributed by atoms with Gasteiger partial charge in [0.1, 0.15) is 11.4 Å². The van der Waals surface area contributed by atoms with Gasteiger partial charge in [0.2, 0.25) is 5.91 Å². The lowest BCUT2D eigenvalue weighted by molar-refractivity contribution is -0.115. The van der Waals surface area contributed by atoms with Crippen molar-refractivity contribution < 1.29 is 29.0 Å². The monoisotopic (exact) mass is 595 g/mol. The van der Waals surface area contributed by atoms with Crippen molar-refractivity contribution in [1.82, 2.24) is 5.32 Å². The van der Waals surface area contributed by atoms with E-state index in [-0.39, 0.29) is 17.2 Å². The first kappa shape index (κ1) is 30.6. The van der Waals surface area contributed by atoms with Crippen LogP contribution in [0.25, 0.3) is 6.08 Å². The van der Waals surface area contributed by atoms with Crippen molar-refractivity contribution >= 4 is 52.9 Å². The maximum absolute atomic E-state index is 13.3. The van der Waals surface area contributed by atoms with Gasteiger partial charge in [-0.25, -0.2) is 4.79 Å². The minimum absolute atomic E-state index is 0.0396. The number of hydrogen-bond acceptors (Lipinski definition) is 6. The molecule has 9 nitrogen and oxygen atoms in total. The molecule has 0 fully saturated rings. The van der Waals surface area contributed by atoms with Crippen LogP contribution in [0.4, 0.5) is 11.4 Å². The number of hydrogen-bond donors (Lipinski definition) is 4. The number of nitrogens with one attached hydrogen (secondary N) is 3. The predicted molar refractivity (Wildman–Crippen MR) is 167 cm³/mol. The molecule has 0 aliphatic carbocycles. The zero-order valence-corrected chi connectivity index (χ0v) is 24.2. The summed E-state index contributed by atoms with van der Waals surface area (Å²) in [6.07, 6.45) is 1.56. The number of benzene rings is 4. The highest BCUT2D eigenvalue weighted by Gasteiger charge is 2.17. The van der Waals surface area contributed by atoms with E-state index in [4.69, 9.17) is 9.84 Å². The van der Waals surface area contributed by atoms with Crippen LogP contribution in [0.5, 0.6) is 5.75 Å². The van der Waals surface area contributed by atoms with Gasteiger partial charge in [0, 0.05) is 21.8 Å². The molecule has 4 aromatic carbocycles. The number of anilines is 2. The van der Waals surface area contributed by atoms with Gasteiger partial charge in [0.15, 0.2) is 0 Å². The highest BCUT2D eigenvalue weighted by Crippen LogP contribution is 2.26. The minimum atomic E-state index is -1.08. The Labute approximate surface area is 253 Å². The Morgan fingerprint density at radius 1 is 0.791 bits per heavy atom. The molecule has 4 N–H and O–H groups in total. The van der Waals surface area contributed by atoms with Crippen LogP contribution in [0.15, 0.2) is 114 Å². The normalized spacial score (nSPS) is 11.6. The number of ether oxygens (including phenoxy) is 1. The Balaban J connectivity index is 1.43. The third-order valence-electron chi connectivity index (χ3n) is 6.10. The molecule has 3 amide bonds. The lowest BCUT2D eigenvalue weighted by Gasteiger charge is -2.14. The third kappa shape index (κ3) is 8.82. The van der Waals surface area contributed by atoms with Crippen LogP contribution in [0.3, 0.4) is 0 Å². The number of carboxylic acids is 1. The van der Waals surface area contributed by atoms with Gasteiger partial charge in [-0.1, -0.05) is 36.4 Å². The summed E-state index contributed by atoms with van der Waals surface area (Å²) in [6.45, 7) is 1.74. The highest BCUT2D eigenvalue weighted by atomic mass is 32.2. The molecule has 0 radical (unpaired) electrons. The SMILES string of the molecule is COc1cccc(/C=C(\NC(=O)c2ccccc2)C(=O)Nc2ccc(SC(C)C(=O)Nc3cccc(C(=O)O)c3)cc2)c1. The summed E-state index contributed by atoms with van der Waals surface area (Å²) in [6, 6.07) is 28.6. The second kappa shape index (κ2) is 14.5. The van der Waals surface area contributed by atoms with Crippen LogP contribution in [0.1, 0.15) is 33.2 Å². The Kier molecular flexibility index (Phi) is 10.3. The van der Waals surface area contributed by atoms with E-state index in [1.807, 2.05) is 0 Å². The van der Waals surface area contributed by atoms with Gasteiger partial charge in [-0.3, -0.25) is 14.4 Å². The molecule has 0 aliphatic rings. The number of amides is 3. The van der Waals surface area contributed by atoms with Crippen molar-refractivity contribution in [2.45, 2.75) is 17.1 Å². The quantitative estimate of drug-likeness (QED) is 0.125. The van der Waals surface area contributed by atoms with Crippen molar-refractivity contribution in [2.24, 2.45) is 0 Å². The van der Waals surface area contributed by atoms with Crippen LogP contribution < -0.4 is 20.7 Å². The highest BCUT2D eigenvalue weighted by molar-refractivity contribution is 8.00. The first-order valence-corrected chi connectivity index (χ1v) is 14.0. The Morgan fingerprint density at radius 2 is 1.49 bits per heavy atom. The van der Waals surface area contributed by atoms with Crippen molar-refractivity contribution in [3.63, 3.8) is 0 Å². The van der Waals surface area contributed by atoms with E-state index in [1.165, 1.54) is 23.9 Å². The van der Waals surface area contributed by atoms with E-state index in [9.17, 15) is 19.2 Å². The topological polar surface area (TPSA) is 134 Å². The van der Waals surface area contributed by atoms with Crippen LogP contribution in [-0.4, -0.2) is 41.2 Å². The number of carbonyl (C=O) groups excluding carboxylic acids is 3. The largest absolute Gasteiger partial charge is 0.497 e. The number of thioether (sulfide) groups is 1. The average molecular weight is 596 g/mol. The second-order valence-corrected chi connectivity index (χ2v) is 10.7. The van der Waals surface area contributed by atoms with Crippen LogP contribution in [0, 0.1) is 0 Å². The lowest BCUT2D eigenvalue weighted by atomic mass is 10.1. The van der Waals surface area contributed by atoms with E-state index in [0.29, 0.717) is 28.3 Å². The fourth-order valence-corrected chi connectivity index (χ4v) is 4.75. The van der Waals surface area contributed by atoms with E-state index in [1.54, 1.807) is 111 Å². The van der Waals surface area contributed by atoms with Crippen LogP contribution in [0.2, 0.25) is 0 Å². The molecule has 0 bridgehead atoms. The molecule has 4 rings (SSSR count). The number of aromatic carboxylic acids is 1. The number of carbonyl (C=O) groups is 4. The molecule has 4 aromatic rings. The zero-order valence-electron chi connectivity index (χ0n) is 23.4. The smallest absolute Gasteiger partial charge is 0.335 e. The van der Waals surface area contributed by atoms with Crippen molar-refractivity contribution in [3.8, 4) is 5.75 Å². The van der Waals surface area contributed by atoms with Gasteiger partial charge in [-0.15, -0.1) is 11.8 Å². The van der Waals surface area contributed by atoms with Crippen molar-refractivity contribution in [2.75, 3.05) is 17.7 Å². The van der Waals surface area contributed by atoms with Gasteiger partial charge < -0.3 is 25.8 Å². The minimum Gasteiger partial charge on any atom is -0.497 e. The maximum Gasteiger partial charge on any atom is 0.335 e. The molecule has 43 heavy (non-hydrogen) atoms. The van der Waals surface area contributed by atoms with Gasteiger partial charge >= 0.3 is 5.97 Å². The predicted octanol–water partition coefficient (Wildman–Crippen LogP) is 5.92. The summed E-state index contributed by atoms with van der Waals surface area (Å²) in [5.74, 6) is -1.71. The summed E-state index contributed by atoms with van der Waals surface area (Å²) in [5, 5.41) is 16.9. The van der Waals surface area contributed by atoms with E-state index in [2.05, 4.69) is 16.0 Å². The molecule has 0 saturated heterocycles. The van der Waals surface area contributed by atoms with E-state index in [0.717, 1.165) is 4.90 Å². The summed E-state index contributed by atoms with van der Waals surface area (Å²) in [7, 11) is 1.54. The van der Waals surface area contributed by atoms with Gasteiger partial charge in [-0.2, -0.15) is 0 Å². The standard InChI is InChI=1S/C33H29N3O6S/c1-21(30(37)35-26-12-7-11-24(20-26)33(40)41)43-28-16-14-25(15-17-28)34-32(39)29(19-22-8-6-13-27(18-22)42-2)36-31(38)23-9-4-3-5-10-23/h3-21H,1-2H3,(H,34,39)(H,35,37)(H,36,38)(H,40,41)/b29-19-. The molecule has 1 unspecified atom stereocenters. The van der Waals surface area contributed by atoms with Crippen LogP contribution in [-0.2, 0) is 9.59 Å². The summed E-state index contributed by atoms with van der Waals surface area (Å²) < 4.78 is 5.27. The molecule has 0 saturated carbocycles.